The average Bonchev–Trinajstić information content (AvgIpc) is 2.66. The lowest BCUT2D eigenvalue weighted by Gasteiger charge is -2.12. The molecule has 1 N–H and O–H groups in total. The molecule has 0 radical (unpaired) electrons. The molecule has 5 heteroatoms. The van der Waals surface area contributed by atoms with Crippen molar-refractivity contribution in [3.63, 3.8) is 0 Å². The molecule has 3 heterocycles. The highest BCUT2D eigenvalue weighted by Crippen LogP contribution is 2.24. The van der Waals surface area contributed by atoms with E-state index in [1.54, 1.807) is 12.4 Å². The van der Waals surface area contributed by atoms with E-state index in [2.05, 4.69) is 20.4 Å². The van der Waals surface area contributed by atoms with E-state index in [4.69, 9.17) is 0 Å². The number of aryl methyl sites for hydroxylation is 1. The number of nitrogens with one attached hydrogen (secondary N) is 1. The molecule has 3 rings (SSSR count). The van der Waals surface area contributed by atoms with Gasteiger partial charge in [-0.05, 0) is 6.07 Å². The molecule has 2 aromatic rings. The SMILES string of the molecule is Cn1nc2c(c1-c1ncccn1)CNCC2. The quantitative estimate of drug-likeness (QED) is 0.753. The van der Waals surface area contributed by atoms with Crippen LogP contribution in [0.15, 0.2) is 18.5 Å². The highest BCUT2D eigenvalue weighted by atomic mass is 15.3. The number of fused-ring (bicyclic) bond motifs is 1. The van der Waals surface area contributed by atoms with Crippen molar-refractivity contribution in [2.24, 2.45) is 7.05 Å². The van der Waals surface area contributed by atoms with E-state index >= 15 is 0 Å². The molecule has 0 atom stereocenters. The molecule has 0 fully saturated rings. The lowest BCUT2D eigenvalue weighted by atomic mass is 10.1. The topological polar surface area (TPSA) is 55.6 Å². The summed E-state index contributed by atoms with van der Waals surface area (Å²) in [6.45, 7) is 1.86. The molecule has 1 aliphatic rings. The van der Waals surface area contributed by atoms with Gasteiger partial charge in [0.05, 0.1) is 5.69 Å². The van der Waals surface area contributed by atoms with Crippen molar-refractivity contribution in [1.82, 2.24) is 25.1 Å². The Bertz CT molecular complexity index is 503. The van der Waals surface area contributed by atoms with Crippen LogP contribution >= 0.6 is 0 Å². The third-order valence-corrected chi connectivity index (χ3v) is 2.85. The summed E-state index contributed by atoms with van der Waals surface area (Å²) in [5.74, 6) is 0.752. The number of nitrogens with zero attached hydrogens (tertiary/aromatic N) is 4. The molecule has 16 heavy (non-hydrogen) atoms. The van der Waals surface area contributed by atoms with Crippen LogP contribution in [0, 0.1) is 0 Å². The van der Waals surface area contributed by atoms with Crippen LogP contribution in [-0.4, -0.2) is 26.3 Å². The van der Waals surface area contributed by atoms with Gasteiger partial charge in [0.1, 0.15) is 5.69 Å². The van der Waals surface area contributed by atoms with Gasteiger partial charge in [0.15, 0.2) is 5.82 Å². The van der Waals surface area contributed by atoms with Gasteiger partial charge in [-0.25, -0.2) is 9.97 Å². The Hall–Kier alpha value is -1.75. The summed E-state index contributed by atoms with van der Waals surface area (Å²) in [5, 5.41) is 7.88. The first kappa shape index (κ1) is 9.47. The maximum absolute atomic E-state index is 4.52. The maximum Gasteiger partial charge on any atom is 0.178 e. The number of hydrogen-bond acceptors (Lipinski definition) is 4. The second-order valence-electron chi connectivity index (χ2n) is 3.90. The van der Waals surface area contributed by atoms with Crippen LogP contribution in [0.2, 0.25) is 0 Å². The first-order valence-electron chi connectivity index (χ1n) is 5.39. The van der Waals surface area contributed by atoms with Crippen LogP contribution in [0.1, 0.15) is 11.3 Å². The van der Waals surface area contributed by atoms with Gasteiger partial charge in [-0.1, -0.05) is 0 Å². The van der Waals surface area contributed by atoms with Crippen molar-refractivity contribution in [1.29, 1.82) is 0 Å². The van der Waals surface area contributed by atoms with Gasteiger partial charge in [0, 0.05) is 44.5 Å². The lowest BCUT2D eigenvalue weighted by Crippen LogP contribution is -2.23. The van der Waals surface area contributed by atoms with Crippen LogP contribution in [0.4, 0.5) is 0 Å². The molecule has 0 aromatic carbocycles. The van der Waals surface area contributed by atoms with E-state index in [0.29, 0.717) is 0 Å². The van der Waals surface area contributed by atoms with Crippen LogP contribution < -0.4 is 5.32 Å². The van der Waals surface area contributed by atoms with Gasteiger partial charge in [-0.2, -0.15) is 5.10 Å². The van der Waals surface area contributed by atoms with Crippen molar-refractivity contribution in [2.75, 3.05) is 6.54 Å². The monoisotopic (exact) mass is 215 g/mol. The molecule has 0 saturated carbocycles. The fourth-order valence-corrected chi connectivity index (χ4v) is 2.13. The minimum absolute atomic E-state index is 0.752. The van der Waals surface area contributed by atoms with Gasteiger partial charge in [0.25, 0.3) is 0 Å². The van der Waals surface area contributed by atoms with Crippen molar-refractivity contribution in [3.05, 3.63) is 29.7 Å². The van der Waals surface area contributed by atoms with E-state index in [1.165, 1.54) is 11.3 Å². The molecule has 0 spiro atoms. The molecule has 82 valence electrons. The van der Waals surface area contributed by atoms with E-state index in [1.807, 2.05) is 17.8 Å². The maximum atomic E-state index is 4.52. The van der Waals surface area contributed by atoms with Crippen molar-refractivity contribution < 1.29 is 0 Å². The predicted octanol–water partition coefficient (Wildman–Crippen LogP) is 0.523. The smallest absolute Gasteiger partial charge is 0.178 e. The second-order valence-corrected chi connectivity index (χ2v) is 3.90. The Balaban J connectivity index is 2.17. The van der Waals surface area contributed by atoms with Gasteiger partial charge < -0.3 is 5.32 Å². The first-order valence-corrected chi connectivity index (χ1v) is 5.39. The summed E-state index contributed by atoms with van der Waals surface area (Å²) >= 11 is 0. The highest BCUT2D eigenvalue weighted by Gasteiger charge is 2.21. The molecule has 0 bridgehead atoms. The third-order valence-electron chi connectivity index (χ3n) is 2.85. The van der Waals surface area contributed by atoms with E-state index in [0.717, 1.165) is 31.0 Å². The van der Waals surface area contributed by atoms with Crippen LogP contribution in [0.3, 0.4) is 0 Å². The molecule has 5 nitrogen and oxygen atoms in total. The van der Waals surface area contributed by atoms with Crippen LogP contribution in [0.5, 0.6) is 0 Å². The standard InChI is InChI=1S/C11H13N5/c1-16-10(11-13-4-2-5-14-11)8-7-12-6-3-9(8)15-16/h2,4-5,12H,3,6-7H2,1H3. The zero-order valence-corrected chi connectivity index (χ0v) is 9.14. The predicted molar refractivity (Wildman–Crippen MR) is 59.6 cm³/mol. The zero-order valence-electron chi connectivity index (χ0n) is 9.14. The molecule has 0 aliphatic carbocycles. The van der Waals surface area contributed by atoms with Gasteiger partial charge >= 0.3 is 0 Å². The van der Waals surface area contributed by atoms with E-state index < -0.39 is 0 Å². The van der Waals surface area contributed by atoms with Crippen LogP contribution in [-0.2, 0) is 20.0 Å². The fraction of sp³-hybridized carbons (Fsp3) is 0.364. The molecule has 2 aromatic heterocycles. The summed E-state index contributed by atoms with van der Waals surface area (Å²) in [4.78, 5) is 8.58. The van der Waals surface area contributed by atoms with E-state index in [-0.39, 0.29) is 0 Å². The normalized spacial score (nSPS) is 14.8. The summed E-state index contributed by atoms with van der Waals surface area (Å²) < 4.78 is 1.88. The van der Waals surface area contributed by atoms with Crippen molar-refractivity contribution in [3.8, 4) is 11.5 Å². The summed E-state index contributed by atoms with van der Waals surface area (Å²) in [7, 11) is 1.95. The van der Waals surface area contributed by atoms with Crippen LogP contribution in [0.25, 0.3) is 11.5 Å². The minimum Gasteiger partial charge on any atom is -0.312 e. The first-order chi connectivity index (χ1) is 7.86. The zero-order chi connectivity index (χ0) is 11.0. The van der Waals surface area contributed by atoms with Crippen molar-refractivity contribution in [2.45, 2.75) is 13.0 Å². The Morgan fingerprint density at radius 2 is 2.12 bits per heavy atom. The minimum atomic E-state index is 0.752. The number of aromatic nitrogens is 4. The highest BCUT2D eigenvalue weighted by molar-refractivity contribution is 5.57. The lowest BCUT2D eigenvalue weighted by molar-refractivity contribution is 0.633. The Morgan fingerprint density at radius 3 is 2.94 bits per heavy atom. The Morgan fingerprint density at radius 1 is 1.31 bits per heavy atom. The third kappa shape index (κ3) is 1.40. The molecule has 0 saturated heterocycles. The van der Waals surface area contributed by atoms with Gasteiger partial charge in [0.2, 0.25) is 0 Å². The van der Waals surface area contributed by atoms with E-state index in [9.17, 15) is 0 Å². The molecular formula is C11H13N5. The average molecular weight is 215 g/mol. The number of hydrogen-bond donors (Lipinski definition) is 1. The van der Waals surface area contributed by atoms with Crippen molar-refractivity contribution >= 4 is 0 Å². The Labute approximate surface area is 93.5 Å². The molecule has 1 aliphatic heterocycles. The Kier molecular flexibility index (Phi) is 2.18. The summed E-state index contributed by atoms with van der Waals surface area (Å²) in [6.07, 6.45) is 4.51. The molecule has 0 amide bonds. The number of rotatable bonds is 1. The molecule has 0 unspecified atom stereocenters. The largest absolute Gasteiger partial charge is 0.312 e. The summed E-state index contributed by atoms with van der Waals surface area (Å²) in [6, 6.07) is 1.82. The molecular weight excluding hydrogens is 202 g/mol. The fourth-order valence-electron chi connectivity index (χ4n) is 2.13. The second kappa shape index (κ2) is 3.68. The van der Waals surface area contributed by atoms with Gasteiger partial charge in [-0.15, -0.1) is 0 Å². The van der Waals surface area contributed by atoms with Gasteiger partial charge in [-0.3, -0.25) is 4.68 Å². The summed E-state index contributed by atoms with van der Waals surface area (Å²) in [5.41, 5.74) is 3.44.